The van der Waals surface area contributed by atoms with Gasteiger partial charge in [0.2, 0.25) is 10.0 Å². The Hall–Kier alpha value is -1.59. The van der Waals surface area contributed by atoms with E-state index in [2.05, 4.69) is 9.71 Å². The SMILES string of the molecule is Cc1cc(NS(=O)(=O)CC(C)c2ccccc2)cnc1Cl. The normalized spacial score (nSPS) is 12.9. The van der Waals surface area contributed by atoms with Crippen molar-refractivity contribution in [3.63, 3.8) is 0 Å². The Morgan fingerprint density at radius 2 is 1.95 bits per heavy atom. The van der Waals surface area contributed by atoms with Crippen molar-refractivity contribution in [2.45, 2.75) is 19.8 Å². The van der Waals surface area contributed by atoms with E-state index in [1.165, 1.54) is 6.20 Å². The summed E-state index contributed by atoms with van der Waals surface area (Å²) in [5, 5.41) is 0.371. The van der Waals surface area contributed by atoms with Gasteiger partial charge in [-0.05, 0) is 30.0 Å². The summed E-state index contributed by atoms with van der Waals surface area (Å²) < 4.78 is 27.0. The molecule has 2 aromatic rings. The van der Waals surface area contributed by atoms with Gasteiger partial charge in [-0.25, -0.2) is 13.4 Å². The second-order valence-corrected chi connectivity index (χ2v) is 7.15. The third-order valence-corrected chi connectivity index (χ3v) is 5.01. The van der Waals surface area contributed by atoms with Crippen molar-refractivity contribution in [1.82, 2.24) is 4.98 Å². The molecule has 0 spiro atoms. The highest BCUT2D eigenvalue weighted by atomic mass is 35.5. The lowest BCUT2D eigenvalue weighted by Gasteiger charge is -2.14. The predicted octanol–water partition coefficient (Wildman–Crippen LogP) is 3.59. The first-order valence-electron chi connectivity index (χ1n) is 6.55. The molecule has 0 fully saturated rings. The monoisotopic (exact) mass is 324 g/mol. The molecule has 1 heterocycles. The number of benzene rings is 1. The van der Waals surface area contributed by atoms with Gasteiger partial charge in [0.25, 0.3) is 0 Å². The van der Waals surface area contributed by atoms with Crippen LogP contribution in [0.25, 0.3) is 0 Å². The summed E-state index contributed by atoms with van der Waals surface area (Å²) >= 11 is 5.83. The summed E-state index contributed by atoms with van der Waals surface area (Å²) in [5.74, 6) is -0.0800. The fourth-order valence-electron chi connectivity index (χ4n) is 2.04. The van der Waals surface area contributed by atoms with Gasteiger partial charge in [-0.15, -0.1) is 0 Å². The van der Waals surface area contributed by atoms with E-state index >= 15 is 0 Å². The minimum atomic E-state index is -3.44. The van der Waals surface area contributed by atoms with E-state index in [0.717, 1.165) is 11.1 Å². The Morgan fingerprint density at radius 3 is 2.57 bits per heavy atom. The van der Waals surface area contributed by atoms with Gasteiger partial charge in [-0.1, -0.05) is 48.9 Å². The van der Waals surface area contributed by atoms with Crippen molar-refractivity contribution in [3.05, 3.63) is 58.9 Å². The lowest BCUT2D eigenvalue weighted by molar-refractivity contribution is 0.595. The number of pyridine rings is 1. The molecule has 1 atom stereocenters. The van der Waals surface area contributed by atoms with Crippen LogP contribution in [0.5, 0.6) is 0 Å². The molecule has 6 heteroatoms. The molecule has 0 aliphatic heterocycles. The first-order chi connectivity index (χ1) is 9.87. The summed E-state index contributed by atoms with van der Waals surface area (Å²) in [7, 11) is -3.44. The van der Waals surface area contributed by atoms with Gasteiger partial charge in [0.05, 0.1) is 17.6 Å². The van der Waals surface area contributed by atoms with Crippen LogP contribution < -0.4 is 4.72 Å². The van der Waals surface area contributed by atoms with Crippen molar-refractivity contribution in [1.29, 1.82) is 0 Å². The quantitative estimate of drug-likeness (QED) is 0.855. The minimum absolute atomic E-state index is 0.0126. The van der Waals surface area contributed by atoms with Crippen LogP contribution in [0.3, 0.4) is 0 Å². The zero-order valence-corrected chi connectivity index (χ0v) is 13.4. The highest BCUT2D eigenvalue weighted by molar-refractivity contribution is 7.92. The largest absolute Gasteiger partial charge is 0.282 e. The number of nitrogens with one attached hydrogen (secondary N) is 1. The molecule has 1 N–H and O–H groups in total. The molecule has 0 bridgehead atoms. The molecule has 0 aliphatic rings. The number of rotatable bonds is 5. The van der Waals surface area contributed by atoms with E-state index in [-0.39, 0.29) is 11.7 Å². The van der Waals surface area contributed by atoms with Crippen molar-refractivity contribution < 1.29 is 8.42 Å². The van der Waals surface area contributed by atoms with E-state index in [9.17, 15) is 8.42 Å². The number of hydrogen-bond acceptors (Lipinski definition) is 3. The van der Waals surface area contributed by atoms with Gasteiger partial charge in [-0.2, -0.15) is 0 Å². The third-order valence-electron chi connectivity index (χ3n) is 3.13. The fourth-order valence-corrected chi connectivity index (χ4v) is 3.55. The molecule has 0 amide bonds. The number of hydrogen-bond donors (Lipinski definition) is 1. The second-order valence-electron chi connectivity index (χ2n) is 5.03. The summed E-state index contributed by atoms with van der Waals surface area (Å²) in [5.41, 5.74) is 2.15. The van der Waals surface area contributed by atoms with Crippen LogP contribution in [-0.2, 0) is 10.0 Å². The molecule has 0 radical (unpaired) electrons. The topological polar surface area (TPSA) is 59.1 Å². The van der Waals surface area contributed by atoms with Gasteiger partial charge in [-0.3, -0.25) is 4.72 Å². The molecule has 2 rings (SSSR count). The number of aryl methyl sites for hydroxylation is 1. The third kappa shape index (κ3) is 4.44. The molecule has 112 valence electrons. The van der Waals surface area contributed by atoms with Gasteiger partial charge in [0, 0.05) is 0 Å². The standard InChI is InChI=1S/C15H17ClN2O2S/c1-11-8-14(9-17-15(11)16)18-21(19,20)10-12(2)13-6-4-3-5-7-13/h3-9,12,18H,10H2,1-2H3. The smallest absolute Gasteiger partial charge is 0.233 e. The molecule has 1 aromatic carbocycles. The Kier molecular flexibility index (Phi) is 4.85. The van der Waals surface area contributed by atoms with Crippen molar-refractivity contribution >= 4 is 27.3 Å². The first-order valence-corrected chi connectivity index (χ1v) is 8.58. The first kappa shape index (κ1) is 15.8. The lowest BCUT2D eigenvalue weighted by Crippen LogP contribution is -2.20. The van der Waals surface area contributed by atoms with Crippen molar-refractivity contribution in [3.8, 4) is 0 Å². The van der Waals surface area contributed by atoms with Gasteiger partial charge in [0.1, 0.15) is 5.15 Å². The number of halogens is 1. The van der Waals surface area contributed by atoms with Crippen LogP contribution in [0, 0.1) is 6.92 Å². The molecular weight excluding hydrogens is 308 g/mol. The summed E-state index contributed by atoms with van der Waals surface area (Å²) in [6, 6.07) is 11.2. The number of nitrogens with zero attached hydrogens (tertiary/aromatic N) is 1. The molecule has 4 nitrogen and oxygen atoms in total. The van der Waals surface area contributed by atoms with Gasteiger partial charge >= 0.3 is 0 Å². The average molecular weight is 325 g/mol. The summed E-state index contributed by atoms with van der Waals surface area (Å²) in [4.78, 5) is 3.94. The number of anilines is 1. The highest BCUT2D eigenvalue weighted by Gasteiger charge is 2.17. The summed E-state index contributed by atoms with van der Waals surface area (Å²) in [6.45, 7) is 3.67. The van der Waals surface area contributed by atoms with Crippen LogP contribution >= 0.6 is 11.6 Å². The molecule has 0 saturated heterocycles. The maximum absolute atomic E-state index is 12.2. The van der Waals surface area contributed by atoms with Crippen LogP contribution in [0.4, 0.5) is 5.69 Å². The fraction of sp³-hybridized carbons (Fsp3) is 0.267. The molecular formula is C15H17ClN2O2S. The lowest BCUT2D eigenvalue weighted by atomic mass is 10.0. The zero-order chi connectivity index (χ0) is 15.5. The Bertz CT molecular complexity index is 718. The van der Waals surface area contributed by atoms with E-state index in [4.69, 9.17) is 11.6 Å². The van der Waals surface area contributed by atoms with Gasteiger partial charge < -0.3 is 0 Å². The highest BCUT2D eigenvalue weighted by Crippen LogP contribution is 2.20. The number of sulfonamides is 1. The second kappa shape index (κ2) is 6.45. The van der Waals surface area contributed by atoms with E-state index in [1.807, 2.05) is 37.3 Å². The Balaban J connectivity index is 2.10. The number of aromatic nitrogens is 1. The van der Waals surface area contributed by atoms with Crippen molar-refractivity contribution in [2.24, 2.45) is 0 Å². The average Bonchev–Trinajstić information content (AvgIpc) is 2.43. The van der Waals surface area contributed by atoms with Crippen LogP contribution in [0.1, 0.15) is 24.0 Å². The predicted molar refractivity (Wildman–Crippen MR) is 86.3 cm³/mol. The zero-order valence-electron chi connectivity index (χ0n) is 11.9. The van der Waals surface area contributed by atoms with Crippen LogP contribution in [-0.4, -0.2) is 19.2 Å². The van der Waals surface area contributed by atoms with Crippen LogP contribution in [0.2, 0.25) is 5.15 Å². The van der Waals surface area contributed by atoms with E-state index in [0.29, 0.717) is 10.8 Å². The summed E-state index contributed by atoms with van der Waals surface area (Å²) in [6.07, 6.45) is 1.42. The van der Waals surface area contributed by atoms with Crippen molar-refractivity contribution in [2.75, 3.05) is 10.5 Å². The Labute approximate surface area is 130 Å². The van der Waals surface area contributed by atoms with E-state index < -0.39 is 10.0 Å². The van der Waals surface area contributed by atoms with E-state index in [1.54, 1.807) is 13.0 Å². The maximum Gasteiger partial charge on any atom is 0.233 e. The molecule has 1 aromatic heterocycles. The molecule has 0 saturated carbocycles. The molecule has 21 heavy (non-hydrogen) atoms. The van der Waals surface area contributed by atoms with Crippen LogP contribution in [0.15, 0.2) is 42.6 Å². The maximum atomic E-state index is 12.2. The van der Waals surface area contributed by atoms with Gasteiger partial charge in [0.15, 0.2) is 0 Å². The Morgan fingerprint density at radius 1 is 1.29 bits per heavy atom. The minimum Gasteiger partial charge on any atom is -0.282 e. The molecule has 0 aliphatic carbocycles. The molecule has 1 unspecified atom stereocenters.